The second-order valence-corrected chi connectivity index (χ2v) is 4.94. The average molecular weight is 236 g/mol. The molecule has 2 N–H and O–H groups in total. The Kier molecular flexibility index (Phi) is 4.90. The molecule has 0 aliphatic carbocycles. The van der Waals surface area contributed by atoms with Gasteiger partial charge >= 0.3 is 0 Å². The Hall–Kier alpha value is -0.930. The summed E-state index contributed by atoms with van der Waals surface area (Å²) in [7, 11) is 2.10. The third-order valence-corrected chi connectivity index (χ3v) is 2.97. The standard InChI is InChI=1S/C13H20N2S/c1-10-4-6-12(7-5-10)9-15(3)11(2)8-13(14)16/h4-7,11H,8-9H2,1-3H3,(H2,14,16). The monoisotopic (exact) mass is 236 g/mol. The number of thiocarbonyl (C=S) groups is 1. The minimum absolute atomic E-state index is 0.388. The van der Waals surface area contributed by atoms with Crippen LogP contribution < -0.4 is 5.73 Å². The maximum absolute atomic E-state index is 5.55. The van der Waals surface area contributed by atoms with Crippen molar-refractivity contribution in [3.8, 4) is 0 Å². The Morgan fingerprint density at radius 2 is 1.94 bits per heavy atom. The van der Waals surface area contributed by atoms with Crippen molar-refractivity contribution in [2.45, 2.75) is 32.9 Å². The van der Waals surface area contributed by atoms with E-state index in [0.717, 1.165) is 13.0 Å². The maximum Gasteiger partial charge on any atom is 0.0742 e. The zero-order valence-corrected chi connectivity index (χ0v) is 11.1. The molecule has 0 amide bonds. The minimum atomic E-state index is 0.388. The van der Waals surface area contributed by atoms with Crippen molar-refractivity contribution >= 4 is 17.2 Å². The average Bonchev–Trinajstić information content (AvgIpc) is 2.20. The van der Waals surface area contributed by atoms with E-state index in [1.165, 1.54) is 11.1 Å². The van der Waals surface area contributed by atoms with E-state index in [4.69, 9.17) is 18.0 Å². The highest BCUT2D eigenvalue weighted by Crippen LogP contribution is 2.09. The molecular formula is C13H20N2S. The van der Waals surface area contributed by atoms with Gasteiger partial charge < -0.3 is 5.73 Å². The smallest absolute Gasteiger partial charge is 0.0742 e. The van der Waals surface area contributed by atoms with Crippen LogP contribution in [0.25, 0.3) is 0 Å². The molecule has 1 aromatic carbocycles. The fourth-order valence-electron chi connectivity index (χ4n) is 1.58. The molecule has 0 aromatic heterocycles. The summed E-state index contributed by atoms with van der Waals surface area (Å²) in [6.45, 7) is 5.18. The Morgan fingerprint density at radius 1 is 1.38 bits per heavy atom. The molecule has 1 aromatic rings. The number of nitrogens with two attached hydrogens (primary N) is 1. The summed E-state index contributed by atoms with van der Waals surface area (Å²) < 4.78 is 0. The van der Waals surface area contributed by atoms with Crippen molar-refractivity contribution in [3.05, 3.63) is 35.4 Å². The fraction of sp³-hybridized carbons (Fsp3) is 0.462. The summed E-state index contributed by atoms with van der Waals surface area (Å²) in [4.78, 5) is 2.85. The molecule has 0 saturated carbocycles. The van der Waals surface area contributed by atoms with E-state index < -0.39 is 0 Å². The van der Waals surface area contributed by atoms with Crippen LogP contribution in [-0.4, -0.2) is 23.0 Å². The minimum Gasteiger partial charge on any atom is -0.393 e. The van der Waals surface area contributed by atoms with Crippen LogP contribution in [-0.2, 0) is 6.54 Å². The molecule has 1 atom stereocenters. The highest BCUT2D eigenvalue weighted by atomic mass is 32.1. The van der Waals surface area contributed by atoms with E-state index in [9.17, 15) is 0 Å². The number of rotatable bonds is 5. The van der Waals surface area contributed by atoms with Gasteiger partial charge in [0.25, 0.3) is 0 Å². The number of hydrogen-bond acceptors (Lipinski definition) is 2. The van der Waals surface area contributed by atoms with Gasteiger partial charge in [0.1, 0.15) is 0 Å². The molecule has 1 unspecified atom stereocenters. The van der Waals surface area contributed by atoms with Gasteiger partial charge in [0.05, 0.1) is 4.99 Å². The molecule has 16 heavy (non-hydrogen) atoms. The first-order valence-electron chi connectivity index (χ1n) is 5.53. The fourth-order valence-corrected chi connectivity index (χ4v) is 1.83. The first kappa shape index (κ1) is 13.1. The molecule has 0 aliphatic rings. The quantitative estimate of drug-likeness (QED) is 0.796. The van der Waals surface area contributed by atoms with Gasteiger partial charge in [-0.3, -0.25) is 4.90 Å². The predicted molar refractivity (Wildman–Crippen MR) is 73.5 cm³/mol. The molecule has 0 fully saturated rings. The largest absolute Gasteiger partial charge is 0.393 e. The molecule has 3 heteroatoms. The van der Waals surface area contributed by atoms with Crippen molar-refractivity contribution in [1.29, 1.82) is 0 Å². The zero-order chi connectivity index (χ0) is 12.1. The molecule has 0 heterocycles. The van der Waals surface area contributed by atoms with Crippen LogP contribution in [0.3, 0.4) is 0 Å². The summed E-state index contributed by atoms with van der Waals surface area (Å²) in [6, 6.07) is 9.00. The van der Waals surface area contributed by atoms with Crippen molar-refractivity contribution < 1.29 is 0 Å². The van der Waals surface area contributed by atoms with Crippen molar-refractivity contribution in [3.63, 3.8) is 0 Å². The van der Waals surface area contributed by atoms with Gasteiger partial charge in [-0.25, -0.2) is 0 Å². The SMILES string of the molecule is Cc1ccc(CN(C)C(C)CC(N)=S)cc1. The van der Waals surface area contributed by atoms with Crippen LogP contribution in [0.1, 0.15) is 24.5 Å². The number of nitrogens with zero attached hydrogens (tertiary/aromatic N) is 1. The van der Waals surface area contributed by atoms with Gasteiger partial charge in [0.2, 0.25) is 0 Å². The second kappa shape index (κ2) is 5.97. The lowest BCUT2D eigenvalue weighted by Gasteiger charge is -2.24. The lowest BCUT2D eigenvalue weighted by Crippen LogP contribution is -2.32. The van der Waals surface area contributed by atoms with Gasteiger partial charge in [0.15, 0.2) is 0 Å². The predicted octanol–water partition coefficient (Wildman–Crippen LogP) is 2.49. The van der Waals surface area contributed by atoms with E-state index in [1.807, 2.05) is 0 Å². The Labute approximate surface area is 103 Å². The van der Waals surface area contributed by atoms with Gasteiger partial charge in [-0.15, -0.1) is 0 Å². The number of benzene rings is 1. The summed E-state index contributed by atoms with van der Waals surface area (Å²) >= 11 is 4.92. The third kappa shape index (κ3) is 4.29. The van der Waals surface area contributed by atoms with Crippen molar-refractivity contribution in [2.24, 2.45) is 5.73 Å². The van der Waals surface area contributed by atoms with Crippen molar-refractivity contribution in [1.82, 2.24) is 4.90 Å². The van der Waals surface area contributed by atoms with E-state index in [-0.39, 0.29) is 0 Å². The Bertz CT molecular complexity index is 345. The van der Waals surface area contributed by atoms with E-state index >= 15 is 0 Å². The van der Waals surface area contributed by atoms with Gasteiger partial charge in [-0.05, 0) is 26.5 Å². The van der Waals surface area contributed by atoms with Crippen molar-refractivity contribution in [2.75, 3.05) is 7.05 Å². The third-order valence-electron chi connectivity index (χ3n) is 2.80. The molecule has 0 bridgehead atoms. The topological polar surface area (TPSA) is 29.3 Å². The molecule has 0 aliphatic heterocycles. The van der Waals surface area contributed by atoms with Gasteiger partial charge in [-0.2, -0.15) is 0 Å². The van der Waals surface area contributed by atoms with E-state index in [0.29, 0.717) is 11.0 Å². The maximum atomic E-state index is 5.55. The first-order valence-corrected chi connectivity index (χ1v) is 5.94. The normalized spacial score (nSPS) is 12.8. The number of hydrogen-bond donors (Lipinski definition) is 1. The summed E-state index contributed by atoms with van der Waals surface area (Å²) in [5.41, 5.74) is 8.17. The summed E-state index contributed by atoms with van der Waals surface area (Å²) in [5.74, 6) is 0. The van der Waals surface area contributed by atoms with Crippen LogP contribution in [0.4, 0.5) is 0 Å². The van der Waals surface area contributed by atoms with Crippen LogP contribution >= 0.6 is 12.2 Å². The van der Waals surface area contributed by atoms with Crippen LogP contribution in [0.2, 0.25) is 0 Å². The molecule has 0 saturated heterocycles. The molecule has 0 radical (unpaired) electrons. The first-order chi connectivity index (χ1) is 7.49. The molecule has 1 rings (SSSR count). The summed E-state index contributed by atoms with van der Waals surface area (Å²) in [6.07, 6.45) is 0.775. The molecule has 2 nitrogen and oxygen atoms in total. The van der Waals surface area contributed by atoms with Crippen LogP contribution in [0.15, 0.2) is 24.3 Å². The van der Waals surface area contributed by atoms with E-state index in [1.54, 1.807) is 0 Å². The molecular weight excluding hydrogens is 216 g/mol. The summed E-state index contributed by atoms with van der Waals surface area (Å²) in [5, 5.41) is 0. The van der Waals surface area contributed by atoms with Crippen LogP contribution in [0.5, 0.6) is 0 Å². The highest BCUT2D eigenvalue weighted by molar-refractivity contribution is 7.80. The Balaban J connectivity index is 2.53. The molecule has 0 spiro atoms. The lowest BCUT2D eigenvalue weighted by molar-refractivity contribution is 0.255. The zero-order valence-electron chi connectivity index (χ0n) is 10.2. The van der Waals surface area contributed by atoms with Gasteiger partial charge in [0, 0.05) is 19.0 Å². The highest BCUT2D eigenvalue weighted by Gasteiger charge is 2.10. The van der Waals surface area contributed by atoms with Gasteiger partial charge in [-0.1, -0.05) is 42.0 Å². The van der Waals surface area contributed by atoms with E-state index in [2.05, 4.69) is 50.1 Å². The Morgan fingerprint density at radius 3 is 2.44 bits per heavy atom. The second-order valence-electron chi connectivity index (χ2n) is 4.42. The molecule has 88 valence electrons. The lowest BCUT2D eigenvalue weighted by atomic mass is 10.1. The van der Waals surface area contributed by atoms with Crippen LogP contribution in [0, 0.1) is 6.92 Å². The number of aryl methyl sites for hydroxylation is 1.